The van der Waals surface area contributed by atoms with E-state index < -0.39 is 0 Å². The van der Waals surface area contributed by atoms with Crippen LogP contribution >= 0.6 is 0 Å². The van der Waals surface area contributed by atoms with E-state index in [2.05, 4.69) is 5.32 Å². The van der Waals surface area contributed by atoms with Gasteiger partial charge in [0.15, 0.2) is 5.96 Å². The first-order valence-electron chi connectivity index (χ1n) is 6.88. The van der Waals surface area contributed by atoms with E-state index in [1.165, 1.54) is 57.8 Å². The van der Waals surface area contributed by atoms with Crippen LogP contribution in [0.25, 0.3) is 0 Å². The van der Waals surface area contributed by atoms with Crippen molar-refractivity contribution >= 4 is 5.96 Å². The molecule has 3 heteroatoms. The molecule has 3 fully saturated rings. The Labute approximate surface area is 97.9 Å². The molecule has 3 saturated carbocycles. The fraction of sp³-hybridized carbons (Fsp3) is 0.923. The number of aliphatic imine (C=N–C) groups is 1. The molecule has 0 aromatic carbocycles. The summed E-state index contributed by atoms with van der Waals surface area (Å²) in [6.45, 7) is 0. The van der Waals surface area contributed by atoms with Gasteiger partial charge in [-0.2, -0.15) is 0 Å². The van der Waals surface area contributed by atoms with Crippen LogP contribution in [0.2, 0.25) is 0 Å². The highest BCUT2D eigenvalue weighted by atomic mass is 15.1. The third-order valence-electron chi connectivity index (χ3n) is 4.97. The first-order valence-corrected chi connectivity index (χ1v) is 6.88. The maximum absolute atomic E-state index is 5.98. The van der Waals surface area contributed by atoms with Crippen molar-refractivity contribution in [1.82, 2.24) is 5.32 Å². The molecule has 3 aliphatic rings. The van der Waals surface area contributed by atoms with Crippen molar-refractivity contribution in [2.24, 2.45) is 16.1 Å². The predicted octanol–water partition coefficient (Wildman–Crippen LogP) is 2.17. The van der Waals surface area contributed by atoms with Crippen LogP contribution in [0.3, 0.4) is 0 Å². The minimum Gasteiger partial charge on any atom is -0.370 e. The Balaban J connectivity index is 1.58. The van der Waals surface area contributed by atoms with Crippen LogP contribution in [0.1, 0.15) is 57.8 Å². The van der Waals surface area contributed by atoms with Gasteiger partial charge in [0, 0.05) is 6.04 Å². The van der Waals surface area contributed by atoms with Gasteiger partial charge in [-0.15, -0.1) is 0 Å². The molecule has 1 atom stereocenters. The summed E-state index contributed by atoms with van der Waals surface area (Å²) in [5.74, 6) is 0.709. The largest absolute Gasteiger partial charge is 0.370 e. The lowest BCUT2D eigenvalue weighted by molar-refractivity contribution is 0.104. The molecule has 0 aromatic rings. The Hall–Kier alpha value is -0.730. The van der Waals surface area contributed by atoms with Gasteiger partial charge < -0.3 is 11.1 Å². The minimum absolute atomic E-state index is 0.530. The number of nitrogens with two attached hydrogens (primary N) is 1. The molecule has 1 unspecified atom stereocenters. The number of rotatable bonds is 2. The molecular formula is C13H23N3. The Morgan fingerprint density at radius 2 is 1.81 bits per heavy atom. The second-order valence-electron chi connectivity index (χ2n) is 5.91. The van der Waals surface area contributed by atoms with Gasteiger partial charge in [-0.3, -0.25) is 0 Å². The molecule has 0 saturated heterocycles. The fourth-order valence-corrected chi connectivity index (χ4v) is 3.51. The molecule has 3 N–H and O–H groups in total. The third-order valence-corrected chi connectivity index (χ3v) is 4.97. The molecule has 3 rings (SSSR count). The second-order valence-corrected chi connectivity index (χ2v) is 5.91. The summed E-state index contributed by atoms with van der Waals surface area (Å²) in [5.41, 5.74) is 6.55. The van der Waals surface area contributed by atoms with Crippen molar-refractivity contribution in [1.29, 1.82) is 0 Å². The van der Waals surface area contributed by atoms with Crippen LogP contribution in [0.5, 0.6) is 0 Å². The van der Waals surface area contributed by atoms with E-state index >= 15 is 0 Å². The summed E-state index contributed by atoms with van der Waals surface area (Å²) in [5, 5.41) is 3.35. The van der Waals surface area contributed by atoms with E-state index in [9.17, 15) is 0 Å². The Kier molecular flexibility index (Phi) is 2.56. The standard InChI is InChI=1S/C13H23N3/c14-12(15-10-4-3-5-10)16-11-6-9-13(11)7-1-2-8-13/h10-11H,1-9H2,(H3,14,15,16). The van der Waals surface area contributed by atoms with E-state index in [-0.39, 0.29) is 0 Å². The van der Waals surface area contributed by atoms with Crippen LogP contribution in [-0.4, -0.2) is 18.0 Å². The van der Waals surface area contributed by atoms with Gasteiger partial charge >= 0.3 is 0 Å². The molecule has 0 radical (unpaired) electrons. The summed E-state index contributed by atoms with van der Waals surface area (Å²) < 4.78 is 0. The van der Waals surface area contributed by atoms with Crippen LogP contribution in [-0.2, 0) is 0 Å². The molecule has 0 amide bonds. The Morgan fingerprint density at radius 3 is 2.31 bits per heavy atom. The third kappa shape index (κ3) is 1.70. The lowest BCUT2D eigenvalue weighted by Crippen LogP contribution is -2.48. The lowest BCUT2D eigenvalue weighted by Gasteiger charge is -2.45. The van der Waals surface area contributed by atoms with E-state index in [0.29, 0.717) is 23.5 Å². The minimum atomic E-state index is 0.530. The highest BCUT2D eigenvalue weighted by molar-refractivity contribution is 5.78. The monoisotopic (exact) mass is 221 g/mol. The number of hydrogen-bond acceptors (Lipinski definition) is 1. The average Bonchev–Trinajstić information content (AvgIpc) is 2.70. The summed E-state index contributed by atoms with van der Waals surface area (Å²) in [4.78, 5) is 4.72. The van der Waals surface area contributed by atoms with Crippen molar-refractivity contribution in [3.63, 3.8) is 0 Å². The molecular weight excluding hydrogens is 198 g/mol. The smallest absolute Gasteiger partial charge is 0.189 e. The highest BCUT2D eigenvalue weighted by Gasteiger charge is 2.48. The summed E-state index contributed by atoms with van der Waals surface area (Å²) in [6.07, 6.45) is 12.1. The highest BCUT2D eigenvalue weighted by Crippen LogP contribution is 2.54. The van der Waals surface area contributed by atoms with E-state index in [1.807, 2.05) is 0 Å². The number of guanidine groups is 1. The molecule has 16 heavy (non-hydrogen) atoms. The molecule has 0 aliphatic heterocycles. The summed E-state index contributed by atoms with van der Waals surface area (Å²) in [6, 6.07) is 1.14. The van der Waals surface area contributed by atoms with Gasteiger partial charge in [0.1, 0.15) is 0 Å². The summed E-state index contributed by atoms with van der Waals surface area (Å²) >= 11 is 0. The Bertz CT molecular complexity index is 288. The van der Waals surface area contributed by atoms with Crippen molar-refractivity contribution in [3.05, 3.63) is 0 Å². The zero-order valence-corrected chi connectivity index (χ0v) is 10.0. The van der Waals surface area contributed by atoms with Gasteiger partial charge in [-0.1, -0.05) is 12.8 Å². The number of nitrogens with zero attached hydrogens (tertiary/aromatic N) is 1. The quantitative estimate of drug-likeness (QED) is 0.554. The number of nitrogens with one attached hydrogen (secondary N) is 1. The van der Waals surface area contributed by atoms with Gasteiger partial charge in [-0.25, -0.2) is 4.99 Å². The number of hydrogen-bond donors (Lipinski definition) is 2. The molecule has 3 aliphatic carbocycles. The van der Waals surface area contributed by atoms with Gasteiger partial charge in [-0.05, 0) is 50.4 Å². The maximum Gasteiger partial charge on any atom is 0.189 e. The van der Waals surface area contributed by atoms with Gasteiger partial charge in [0.05, 0.1) is 6.04 Å². The van der Waals surface area contributed by atoms with Gasteiger partial charge in [0.2, 0.25) is 0 Å². The van der Waals surface area contributed by atoms with E-state index in [1.54, 1.807) is 0 Å². The van der Waals surface area contributed by atoms with Crippen molar-refractivity contribution < 1.29 is 0 Å². The van der Waals surface area contributed by atoms with Crippen LogP contribution < -0.4 is 11.1 Å². The predicted molar refractivity (Wildman–Crippen MR) is 66.3 cm³/mol. The van der Waals surface area contributed by atoms with Crippen LogP contribution in [0.4, 0.5) is 0 Å². The van der Waals surface area contributed by atoms with Crippen LogP contribution in [0, 0.1) is 5.41 Å². The van der Waals surface area contributed by atoms with Gasteiger partial charge in [0.25, 0.3) is 0 Å². The van der Waals surface area contributed by atoms with Crippen molar-refractivity contribution in [2.75, 3.05) is 0 Å². The SMILES string of the molecule is NC(=NC1CCC12CCCC2)NC1CCC1. The zero-order valence-electron chi connectivity index (χ0n) is 10.0. The molecule has 90 valence electrons. The normalized spacial score (nSPS) is 33.5. The molecule has 0 aromatic heterocycles. The lowest BCUT2D eigenvalue weighted by atomic mass is 9.63. The second kappa shape index (κ2) is 3.94. The molecule has 3 nitrogen and oxygen atoms in total. The maximum atomic E-state index is 5.98. The topological polar surface area (TPSA) is 50.4 Å². The molecule has 0 bridgehead atoms. The molecule has 0 heterocycles. The zero-order chi connectivity index (χ0) is 11.0. The first kappa shape index (κ1) is 10.4. The average molecular weight is 221 g/mol. The first-order chi connectivity index (χ1) is 7.78. The van der Waals surface area contributed by atoms with Crippen molar-refractivity contribution in [3.8, 4) is 0 Å². The van der Waals surface area contributed by atoms with Crippen molar-refractivity contribution in [2.45, 2.75) is 69.9 Å². The van der Waals surface area contributed by atoms with Crippen LogP contribution in [0.15, 0.2) is 4.99 Å². The molecule has 1 spiro atoms. The summed E-state index contributed by atoms with van der Waals surface area (Å²) in [7, 11) is 0. The van der Waals surface area contributed by atoms with E-state index in [4.69, 9.17) is 10.7 Å². The Morgan fingerprint density at radius 1 is 1.06 bits per heavy atom. The van der Waals surface area contributed by atoms with E-state index in [0.717, 1.165) is 0 Å². The fourth-order valence-electron chi connectivity index (χ4n) is 3.51.